The molecule has 1 unspecified atom stereocenters. The van der Waals surface area contributed by atoms with Crippen LogP contribution in [0.3, 0.4) is 0 Å². The van der Waals surface area contributed by atoms with Gasteiger partial charge < -0.3 is 20.1 Å². The summed E-state index contributed by atoms with van der Waals surface area (Å²) < 4.78 is 10.7. The van der Waals surface area contributed by atoms with Crippen LogP contribution >= 0.6 is 0 Å². The van der Waals surface area contributed by atoms with Crippen molar-refractivity contribution in [1.82, 2.24) is 10.6 Å². The molecule has 2 N–H and O–H groups in total. The Morgan fingerprint density at radius 1 is 1.26 bits per heavy atom. The monoisotopic (exact) mass is 318 g/mol. The van der Waals surface area contributed by atoms with Crippen LogP contribution < -0.4 is 15.4 Å². The van der Waals surface area contributed by atoms with Crippen molar-refractivity contribution < 1.29 is 19.1 Å². The van der Waals surface area contributed by atoms with Crippen molar-refractivity contribution >= 4 is 12.0 Å². The Balaban J connectivity index is 2.32. The Hall–Kier alpha value is -2.50. The number of urea groups is 1. The maximum Gasteiger partial charge on any atom is 0.338 e. The fourth-order valence-electron chi connectivity index (χ4n) is 2.43. The summed E-state index contributed by atoms with van der Waals surface area (Å²) in [7, 11) is 0. The molecule has 0 saturated carbocycles. The fourth-order valence-corrected chi connectivity index (χ4v) is 2.43. The van der Waals surface area contributed by atoms with E-state index < -0.39 is 12.0 Å². The van der Waals surface area contributed by atoms with Gasteiger partial charge >= 0.3 is 12.0 Å². The second-order valence-electron chi connectivity index (χ2n) is 5.53. The van der Waals surface area contributed by atoms with Crippen LogP contribution in [-0.2, 0) is 9.53 Å². The highest BCUT2D eigenvalue weighted by molar-refractivity contribution is 5.95. The number of rotatable bonds is 5. The predicted octanol–water partition coefficient (Wildman–Crippen LogP) is 2.66. The molecule has 0 saturated heterocycles. The first kappa shape index (κ1) is 16.9. The van der Waals surface area contributed by atoms with Gasteiger partial charge in [-0.3, -0.25) is 0 Å². The number of nitrogens with one attached hydrogen (secondary N) is 2. The van der Waals surface area contributed by atoms with E-state index in [0.29, 0.717) is 11.3 Å². The molecule has 0 bridgehead atoms. The molecule has 0 fully saturated rings. The third-order valence-corrected chi connectivity index (χ3v) is 3.35. The molecule has 1 aliphatic heterocycles. The van der Waals surface area contributed by atoms with Gasteiger partial charge in [-0.2, -0.15) is 0 Å². The molecule has 2 rings (SSSR count). The van der Waals surface area contributed by atoms with Gasteiger partial charge in [-0.15, -0.1) is 0 Å². The van der Waals surface area contributed by atoms with Crippen LogP contribution in [0.2, 0.25) is 0 Å². The maximum absolute atomic E-state index is 12.2. The largest absolute Gasteiger partial charge is 0.491 e. The molecule has 6 heteroatoms. The van der Waals surface area contributed by atoms with E-state index in [-0.39, 0.29) is 18.7 Å². The standard InChI is InChI=1S/C17H22N2O4/c1-5-22-16(20)14-11(4)18-17(21)19-15(14)12-6-8-13(9-7-12)23-10(2)3/h6-10,15H,5H2,1-4H3,(H2,18,19,21). The van der Waals surface area contributed by atoms with E-state index in [1.54, 1.807) is 13.8 Å². The van der Waals surface area contributed by atoms with Crippen molar-refractivity contribution in [3.63, 3.8) is 0 Å². The van der Waals surface area contributed by atoms with Crippen LogP contribution in [0, 0.1) is 0 Å². The Kier molecular flexibility index (Phi) is 5.26. The second-order valence-corrected chi connectivity index (χ2v) is 5.53. The number of esters is 1. The van der Waals surface area contributed by atoms with Crippen LogP contribution in [0.25, 0.3) is 0 Å². The third kappa shape index (κ3) is 4.03. The SMILES string of the molecule is CCOC(=O)C1=C(C)NC(=O)NC1c1ccc(OC(C)C)cc1. The average molecular weight is 318 g/mol. The Morgan fingerprint density at radius 3 is 2.48 bits per heavy atom. The summed E-state index contributed by atoms with van der Waals surface area (Å²) in [4.78, 5) is 24.0. The molecule has 1 aromatic carbocycles. The lowest BCUT2D eigenvalue weighted by atomic mass is 9.95. The van der Waals surface area contributed by atoms with Gasteiger partial charge in [0.25, 0.3) is 0 Å². The van der Waals surface area contributed by atoms with E-state index in [1.165, 1.54) is 0 Å². The molecule has 1 aliphatic rings. The van der Waals surface area contributed by atoms with Crippen LogP contribution in [0.4, 0.5) is 4.79 Å². The van der Waals surface area contributed by atoms with Crippen molar-refractivity contribution in [2.45, 2.75) is 39.8 Å². The van der Waals surface area contributed by atoms with E-state index >= 15 is 0 Å². The van der Waals surface area contributed by atoms with E-state index in [9.17, 15) is 9.59 Å². The molecular formula is C17H22N2O4. The molecule has 1 heterocycles. The molecule has 0 radical (unpaired) electrons. The van der Waals surface area contributed by atoms with E-state index in [0.717, 1.165) is 11.3 Å². The zero-order chi connectivity index (χ0) is 17.0. The zero-order valence-corrected chi connectivity index (χ0v) is 13.8. The minimum Gasteiger partial charge on any atom is -0.491 e. The molecule has 0 spiro atoms. The van der Waals surface area contributed by atoms with Crippen LogP contribution in [-0.4, -0.2) is 24.7 Å². The van der Waals surface area contributed by atoms with Crippen molar-refractivity contribution in [2.24, 2.45) is 0 Å². The number of hydrogen-bond donors (Lipinski definition) is 2. The van der Waals surface area contributed by atoms with Crippen molar-refractivity contribution in [1.29, 1.82) is 0 Å². The van der Waals surface area contributed by atoms with Crippen molar-refractivity contribution in [3.8, 4) is 5.75 Å². The molecule has 2 amide bonds. The molecule has 0 aromatic heterocycles. The molecule has 1 aromatic rings. The number of hydrogen-bond acceptors (Lipinski definition) is 4. The van der Waals surface area contributed by atoms with Gasteiger partial charge in [0.15, 0.2) is 0 Å². The first-order chi connectivity index (χ1) is 10.9. The number of benzene rings is 1. The predicted molar refractivity (Wildman–Crippen MR) is 85.9 cm³/mol. The average Bonchev–Trinajstić information content (AvgIpc) is 2.46. The summed E-state index contributed by atoms with van der Waals surface area (Å²) in [5, 5.41) is 5.37. The first-order valence-corrected chi connectivity index (χ1v) is 7.64. The Bertz CT molecular complexity index is 620. The topological polar surface area (TPSA) is 76.7 Å². The highest BCUT2D eigenvalue weighted by atomic mass is 16.5. The molecule has 6 nitrogen and oxygen atoms in total. The van der Waals surface area contributed by atoms with Gasteiger partial charge in [0.2, 0.25) is 0 Å². The van der Waals surface area contributed by atoms with Crippen LogP contribution in [0.5, 0.6) is 5.75 Å². The highest BCUT2D eigenvalue weighted by Crippen LogP contribution is 2.29. The molecule has 1 atom stereocenters. The number of carbonyl (C=O) groups is 2. The van der Waals surface area contributed by atoms with Gasteiger partial charge in [0.1, 0.15) is 5.75 Å². The Labute approximate surface area is 135 Å². The van der Waals surface area contributed by atoms with Gasteiger partial charge in [0, 0.05) is 5.70 Å². The summed E-state index contributed by atoms with van der Waals surface area (Å²) in [5.74, 6) is 0.299. The van der Waals surface area contributed by atoms with E-state index in [4.69, 9.17) is 9.47 Å². The minimum absolute atomic E-state index is 0.0802. The smallest absolute Gasteiger partial charge is 0.338 e. The van der Waals surface area contributed by atoms with Crippen molar-refractivity contribution in [2.75, 3.05) is 6.61 Å². The van der Waals surface area contributed by atoms with Gasteiger partial charge in [-0.25, -0.2) is 9.59 Å². The summed E-state index contributed by atoms with van der Waals surface area (Å²) in [6.45, 7) is 7.61. The van der Waals surface area contributed by atoms with Gasteiger partial charge in [-0.1, -0.05) is 12.1 Å². The first-order valence-electron chi connectivity index (χ1n) is 7.64. The second kappa shape index (κ2) is 7.17. The zero-order valence-electron chi connectivity index (χ0n) is 13.8. The number of carbonyl (C=O) groups excluding carboxylic acids is 2. The lowest BCUT2D eigenvalue weighted by Crippen LogP contribution is -2.45. The normalized spacial score (nSPS) is 17.6. The fraction of sp³-hybridized carbons (Fsp3) is 0.412. The van der Waals surface area contributed by atoms with E-state index in [1.807, 2.05) is 38.1 Å². The summed E-state index contributed by atoms with van der Waals surface area (Å²) in [6, 6.07) is 6.42. The number of ether oxygens (including phenoxy) is 2. The lowest BCUT2D eigenvalue weighted by Gasteiger charge is -2.28. The highest BCUT2D eigenvalue weighted by Gasteiger charge is 2.32. The molecule has 124 valence electrons. The molecule has 23 heavy (non-hydrogen) atoms. The van der Waals surface area contributed by atoms with Gasteiger partial charge in [-0.05, 0) is 45.4 Å². The van der Waals surface area contributed by atoms with E-state index in [2.05, 4.69) is 10.6 Å². The quantitative estimate of drug-likeness (QED) is 0.818. The molecular weight excluding hydrogens is 296 g/mol. The van der Waals surface area contributed by atoms with Crippen LogP contribution in [0.1, 0.15) is 39.3 Å². The summed E-state index contributed by atoms with van der Waals surface area (Å²) >= 11 is 0. The minimum atomic E-state index is -0.545. The summed E-state index contributed by atoms with van der Waals surface area (Å²) in [5.41, 5.74) is 1.70. The lowest BCUT2D eigenvalue weighted by molar-refractivity contribution is -0.139. The summed E-state index contributed by atoms with van der Waals surface area (Å²) in [6.07, 6.45) is 0.0802. The maximum atomic E-state index is 12.2. The third-order valence-electron chi connectivity index (χ3n) is 3.35. The van der Waals surface area contributed by atoms with Crippen molar-refractivity contribution in [3.05, 3.63) is 41.1 Å². The molecule has 0 aliphatic carbocycles. The van der Waals surface area contributed by atoms with Crippen LogP contribution in [0.15, 0.2) is 35.5 Å². The van der Waals surface area contributed by atoms with Gasteiger partial charge in [0.05, 0.1) is 24.3 Å². The number of amides is 2. The Morgan fingerprint density at radius 2 is 1.91 bits per heavy atom. The number of allylic oxidation sites excluding steroid dienone is 1.